The van der Waals surface area contributed by atoms with E-state index < -0.39 is 0 Å². The van der Waals surface area contributed by atoms with Gasteiger partial charge in [-0.15, -0.1) is 0 Å². The SMILES string of the molecule is Cc1nc(C)n(C(C)CC(=O)N2CCN(Cc3ccccc3F)C[C@@H]2C(C)C)n1. The Hall–Kier alpha value is -2.28. The lowest BCUT2D eigenvalue weighted by atomic mass is 9.98. The molecule has 6 nitrogen and oxygen atoms in total. The molecule has 2 heterocycles. The molecule has 1 unspecified atom stereocenters. The molecule has 1 aliphatic rings. The largest absolute Gasteiger partial charge is 0.337 e. The Balaban J connectivity index is 1.66. The number of rotatable bonds is 6. The van der Waals surface area contributed by atoms with Crippen molar-refractivity contribution in [3.63, 3.8) is 0 Å². The molecule has 1 aliphatic heterocycles. The third-order valence-corrected chi connectivity index (χ3v) is 5.74. The zero-order chi connectivity index (χ0) is 21.1. The van der Waals surface area contributed by atoms with Crippen molar-refractivity contribution in [3.05, 3.63) is 47.3 Å². The van der Waals surface area contributed by atoms with Gasteiger partial charge in [0.1, 0.15) is 17.5 Å². The number of hydrogen-bond acceptors (Lipinski definition) is 4. The van der Waals surface area contributed by atoms with Crippen molar-refractivity contribution in [2.45, 2.75) is 59.7 Å². The van der Waals surface area contributed by atoms with Crippen molar-refractivity contribution >= 4 is 5.91 Å². The Kier molecular flexibility index (Phi) is 6.67. The minimum atomic E-state index is -0.167. The summed E-state index contributed by atoms with van der Waals surface area (Å²) in [4.78, 5) is 21.7. The van der Waals surface area contributed by atoms with Crippen LogP contribution in [0.4, 0.5) is 4.39 Å². The van der Waals surface area contributed by atoms with Gasteiger partial charge in [0.15, 0.2) is 0 Å². The average Bonchev–Trinajstić information content (AvgIpc) is 3.01. The summed E-state index contributed by atoms with van der Waals surface area (Å²) < 4.78 is 15.9. The number of carbonyl (C=O) groups excluding carboxylic acids is 1. The number of hydrogen-bond donors (Lipinski definition) is 0. The zero-order valence-electron chi connectivity index (χ0n) is 18.1. The summed E-state index contributed by atoms with van der Waals surface area (Å²) in [5.41, 5.74) is 0.709. The van der Waals surface area contributed by atoms with Crippen LogP contribution >= 0.6 is 0 Å². The van der Waals surface area contributed by atoms with Crippen LogP contribution in [0.1, 0.15) is 50.4 Å². The highest BCUT2D eigenvalue weighted by Crippen LogP contribution is 2.23. The van der Waals surface area contributed by atoms with Crippen molar-refractivity contribution in [1.82, 2.24) is 24.6 Å². The van der Waals surface area contributed by atoms with Crippen LogP contribution in [0.25, 0.3) is 0 Å². The summed E-state index contributed by atoms with van der Waals surface area (Å²) in [6.07, 6.45) is 0.403. The fourth-order valence-corrected chi connectivity index (χ4v) is 4.17. The molecule has 0 aliphatic carbocycles. The molecule has 2 aromatic rings. The van der Waals surface area contributed by atoms with Crippen LogP contribution in [-0.4, -0.2) is 56.1 Å². The molecule has 0 spiro atoms. The van der Waals surface area contributed by atoms with E-state index in [4.69, 9.17) is 0 Å². The Morgan fingerprint density at radius 1 is 1.21 bits per heavy atom. The van der Waals surface area contributed by atoms with Gasteiger partial charge in [0.05, 0.1) is 6.04 Å². The van der Waals surface area contributed by atoms with E-state index in [0.29, 0.717) is 31.0 Å². The van der Waals surface area contributed by atoms with Crippen LogP contribution in [0.5, 0.6) is 0 Å². The first-order valence-corrected chi connectivity index (χ1v) is 10.4. The lowest BCUT2D eigenvalue weighted by Gasteiger charge is -2.44. The molecule has 0 radical (unpaired) electrons. The van der Waals surface area contributed by atoms with Crippen LogP contribution < -0.4 is 0 Å². The van der Waals surface area contributed by atoms with Crippen LogP contribution in [0.2, 0.25) is 0 Å². The van der Waals surface area contributed by atoms with Gasteiger partial charge >= 0.3 is 0 Å². The number of aromatic nitrogens is 3. The lowest BCUT2D eigenvalue weighted by molar-refractivity contribution is -0.138. The van der Waals surface area contributed by atoms with E-state index in [1.165, 1.54) is 6.07 Å². The highest BCUT2D eigenvalue weighted by Gasteiger charge is 2.33. The molecular formula is C22H32FN5O. The van der Waals surface area contributed by atoms with E-state index in [1.54, 1.807) is 6.07 Å². The Morgan fingerprint density at radius 2 is 1.93 bits per heavy atom. The van der Waals surface area contributed by atoms with Crippen molar-refractivity contribution in [3.8, 4) is 0 Å². The third-order valence-electron chi connectivity index (χ3n) is 5.74. The number of aryl methyl sites for hydroxylation is 2. The van der Waals surface area contributed by atoms with E-state index in [-0.39, 0.29) is 23.8 Å². The number of amides is 1. The highest BCUT2D eigenvalue weighted by atomic mass is 19.1. The second-order valence-corrected chi connectivity index (χ2v) is 8.43. The normalized spacial score (nSPS) is 19.0. The van der Waals surface area contributed by atoms with Gasteiger partial charge in [0, 0.05) is 44.2 Å². The number of piperazine rings is 1. The first-order valence-electron chi connectivity index (χ1n) is 10.4. The molecule has 0 bridgehead atoms. The molecule has 0 saturated carbocycles. The van der Waals surface area contributed by atoms with Gasteiger partial charge in [-0.05, 0) is 32.8 Å². The lowest BCUT2D eigenvalue weighted by Crippen LogP contribution is -2.57. The van der Waals surface area contributed by atoms with Crippen LogP contribution in [0, 0.1) is 25.6 Å². The van der Waals surface area contributed by atoms with Crippen molar-refractivity contribution in [2.75, 3.05) is 19.6 Å². The van der Waals surface area contributed by atoms with E-state index >= 15 is 0 Å². The zero-order valence-corrected chi connectivity index (χ0v) is 18.1. The fraction of sp³-hybridized carbons (Fsp3) is 0.591. The Labute approximate surface area is 172 Å². The molecule has 3 rings (SSSR count). The first-order chi connectivity index (χ1) is 13.8. The topological polar surface area (TPSA) is 54.3 Å². The quantitative estimate of drug-likeness (QED) is 0.745. The predicted octanol–water partition coefficient (Wildman–Crippen LogP) is 3.35. The molecule has 1 fully saturated rings. The smallest absolute Gasteiger partial charge is 0.225 e. The average molecular weight is 402 g/mol. The summed E-state index contributed by atoms with van der Waals surface area (Å²) >= 11 is 0. The monoisotopic (exact) mass is 401 g/mol. The van der Waals surface area contributed by atoms with E-state index in [9.17, 15) is 9.18 Å². The molecule has 29 heavy (non-hydrogen) atoms. The summed E-state index contributed by atoms with van der Waals surface area (Å²) in [5.74, 6) is 1.86. The van der Waals surface area contributed by atoms with Gasteiger partial charge in [-0.25, -0.2) is 14.1 Å². The second-order valence-electron chi connectivity index (χ2n) is 8.43. The van der Waals surface area contributed by atoms with Gasteiger partial charge in [-0.2, -0.15) is 5.10 Å². The van der Waals surface area contributed by atoms with Crippen LogP contribution in [0.3, 0.4) is 0 Å². The van der Waals surface area contributed by atoms with Gasteiger partial charge in [0.25, 0.3) is 0 Å². The summed E-state index contributed by atoms with van der Waals surface area (Å²) in [5, 5.41) is 4.42. The molecule has 1 aromatic carbocycles. The van der Waals surface area contributed by atoms with E-state index in [1.807, 2.05) is 42.5 Å². The first kappa shape index (κ1) is 21.4. The van der Waals surface area contributed by atoms with Crippen molar-refractivity contribution < 1.29 is 9.18 Å². The van der Waals surface area contributed by atoms with Gasteiger partial charge in [-0.1, -0.05) is 32.0 Å². The highest BCUT2D eigenvalue weighted by molar-refractivity contribution is 5.77. The van der Waals surface area contributed by atoms with Crippen molar-refractivity contribution in [1.29, 1.82) is 0 Å². The minimum absolute atomic E-state index is 0.0343. The second kappa shape index (κ2) is 9.03. The maximum Gasteiger partial charge on any atom is 0.225 e. The van der Waals surface area contributed by atoms with Gasteiger partial charge in [0.2, 0.25) is 5.91 Å². The number of benzene rings is 1. The molecule has 2 atom stereocenters. The summed E-state index contributed by atoms with van der Waals surface area (Å²) in [6, 6.07) is 7.01. The molecule has 1 saturated heterocycles. The predicted molar refractivity (Wildman–Crippen MR) is 111 cm³/mol. The van der Waals surface area contributed by atoms with Crippen LogP contribution in [0.15, 0.2) is 24.3 Å². The minimum Gasteiger partial charge on any atom is -0.337 e. The number of halogens is 1. The van der Waals surface area contributed by atoms with Crippen molar-refractivity contribution in [2.24, 2.45) is 5.92 Å². The van der Waals surface area contributed by atoms with Crippen LogP contribution in [-0.2, 0) is 11.3 Å². The Bertz CT molecular complexity index is 849. The molecular weight excluding hydrogens is 369 g/mol. The summed E-state index contributed by atoms with van der Waals surface area (Å²) in [7, 11) is 0. The maximum atomic E-state index is 14.0. The maximum absolute atomic E-state index is 14.0. The van der Waals surface area contributed by atoms with E-state index in [0.717, 1.165) is 24.7 Å². The molecule has 1 aromatic heterocycles. The van der Waals surface area contributed by atoms with E-state index in [2.05, 4.69) is 28.8 Å². The third kappa shape index (κ3) is 5.01. The molecule has 1 amide bonds. The molecule has 0 N–H and O–H groups in total. The van der Waals surface area contributed by atoms with Gasteiger partial charge < -0.3 is 4.90 Å². The fourth-order valence-electron chi connectivity index (χ4n) is 4.17. The number of carbonyl (C=O) groups is 1. The summed E-state index contributed by atoms with van der Waals surface area (Å²) in [6.45, 7) is 12.8. The Morgan fingerprint density at radius 3 is 2.55 bits per heavy atom. The standard InChI is InChI=1S/C22H32FN5O/c1-15(2)21-14-26(13-19-8-6-7-9-20(19)23)10-11-27(21)22(29)12-16(3)28-18(5)24-17(4)25-28/h6-9,15-16,21H,10-14H2,1-5H3/t16?,21-/m1/s1. The molecule has 158 valence electrons. The number of nitrogens with zero attached hydrogens (tertiary/aromatic N) is 5. The van der Waals surface area contributed by atoms with Gasteiger partial charge in [-0.3, -0.25) is 9.69 Å². The molecule has 7 heteroatoms.